The summed E-state index contributed by atoms with van der Waals surface area (Å²) < 4.78 is 0. The lowest BCUT2D eigenvalue weighted by Crippen LogP contribution is -2.21. The molecular weight excluding hydrogens is 344 g/mol. The molecule has 0 bridgehead atoms. The Balaban J connectivity index is 1.83. The van der Waals surface area contributed by atoms with Crippen molar-refractivity contribution in [2.45, 2.75) is 13.8 Å². The van der Waals surface area contributed by atoms with Gasteiger partial charge in [0, 0.05) is 17.5 Å². The van der Waals surface area contributed by atoms with Crippen LogP contribution in [0.15, 0.2) is 54.6 Å². The van der Waals surface area contributed by atoms with Gasteiger partial charge in [0.15, 0.2) is 0 Å². The molecule has 132 valence electrons. The number of carbonyl (C=O) groups excluding carboxylic acids is 2. The van der Waals surface area contributed by atoms with Crippen LogP contribution in [0, 0.1) is 13.8 Å². The third-order valence-corrected chi connectivity index (χ3v) is 5.44. The second-order valence-electron chi connectivity index (χ2n) is 5.96. The Morgan fingerprint density at radius 1 is 0.846 bits per heavy atom. The van der Waals surface area contributed by atoms with Crippen molar-refractivity contribution in [2.75, 3.05) is 12.4 Å². The minimum absolute atomic E-state index is 0.193. The van der Waals surface area contributed by atoms with Gasteiger partial charge in [-0.2, -0.15) is 0 Å². The van der Waals surface area contributed by atoms with Gasteiger partial charge < -0.3 is 10.6 Å². The number of aryl methyl sites for hydroxylation is 1. The maximum Gasteiger partial charge on any atom is 0.256 e. The van der Waals surface area contributed by atoms with Gasteiger partial charge in [-0.25, -0.2) is 0 Å². The molecule has 3 aromatic rings. The number of anilines is 1. The second-order valence-corrected chi connectivity index (χ2v) is 7.19. The van der Waals surface area contributed by atoms with E-state index in [0.29, 0.717) is 16.1 Å². The second kappa shape index (κ2) is 7.54. The predicted molar refractivity (Wildman–Crippen MR) is 107 cm³/mol. The molecule has 0 spiro atoms. The first kappa shape index (κ1) is 17.9. The Kier molecular flexibility index (Phi) is 5.19. The van der Waals surface area contributed by atoms with Crippen molar-refractivity contribution in [1.82, 2.24) is 5.32 Å². The minimum Gasteiger partial charge on any atom is -0.355 e. The maximum absolute atomic E-state index is 12.6. The average molecular weight is 364 g/mol. The zero-order valence-electron chi connectivity index (χ0n) is 14.9. The van der Waals surface area contributed by atoms with Gasteiger partial charge in [0.25, 0.3) is 11.8 Å². The molecule has 0 aliphatic carbocycles. The van der Waals surface area contributed by atoms with E-state index in [1.54, 1.807) is 19.2 Å². The summed E-state index contributed by atoms with van der Waals surface area (Å²) >= 11 is 1.41. The minimum atomic E-state index is -0.226. The average Bonchev–Trinajstić information content (AvgIpc) is 2.95. The summed E-state index contributed by atoms with van der Waals surface area (Å²) in [5.41, 5.74) is 4.13. The summed E-state index contributed by atoms with van der Waals surface area (Å²) in [4.78, 5) is 25.8. The van der Waals surface area contributed by atoms with E-state index in [-0.39, 0.29) is 11.8 Å². The number of nitrogens with one attached hydrogen (secondary N) is 2. The number of carbonyl (C=O) groups is 2. The molecule has 26 heavy (non-hydrogen) atoms. The normalized spacial score (nSPS) is 10.4. The van der Waals surface area contributed by atoms with E-state index in [4.69, 9.17) is 0 Å². The Bertz CT molecular complexity index is 944. The third kappa shape index (κ3) is 3.53. The number of hydrogen-bond acceptors (Lipinski definition) is 3. The highest BCUT2D eigenvalue weighted by molar-refractivity contribution is 7.16. The van der Waals surface area contributed by atoms with Gasteiger partial charge in [-0.05, 0) is 42.7 Å². The van der Waals surface area contributed by atoms with Crippen LogP contribution < -0.4 is 10.6 Å². The third-order valence-electron chi connectivity index (χ3n) is 4.32. The first-order valence-electron chi connectivity index (χ1n) is 8.30. The van der Waals surface area contributed by atoms with Crippen LogP contribution in [0.2, 0.25) is 0 Å². The van der Waals surface area contributed by atoms with Crippen molar-refractivity contribution in [2.24, 2.45) is 0 Å². The largest absolute Gasteiger partial charge is 0.355 e. The van der Waals surface area contributed by atoms with E-state index in [1.807, 2.05) is 56.3 Å². The highest BCUT2D eigenvalue weighted by Crippen LogP contribution is 2.32. The number of amides is 2. The summed E-state index contributed by atoms with van der Waals surface area (Å²) in [7, 11) is 1.59. The van der Waals surface area contributed by atoms with Crippen LogP contribution in [0.1, 0.15) is 31.2 Å². The molecule has 0 fully saturated rings. The molecule has 0 atom stereocenters. The van der Waals surface area contributed by atoms with Crippen molar-refractivity contribution in [3.8, 4) is 11.1 Å². The van der Waals surface area contributed by atoms with Gasteiger partial charge in [0.1, 0.15) is 5.00 Å². The van der Waals surface area contributed by atoms with Crippen molar-refractivity contribution in [3.05, 3.63) is 76.2 Å². The van der Waals surface area contributed by atoms with E-state index in [1.165, 1.54) is 11.3 Å². The van der Waals surface area contributed by atoms with Crippen molar-refractivity contribution >= 4 is 28.2 Å². The Hall–Kier alpha value is -2.92. The summed E-state index contributed by atoms with van der Waals surface area (Å²) in [6.07, 6.45) is 0. The maximum atomic E-state index is 12.6. The van der Waals surface area contributed by atoms with Crippen molar-refractivity contribution < 1.29 is 9.59 Å². The predicted octanol–water partition coefficient (Wildman–Crippen LogP) is 4.64. The Morgan fingerprint density at radius 2 is 1.46 bits per heavy atom. The van der Waals surface area contributed by atoms with E-state index in [0.717, 1.165) is 21.6 Å². The fourth-order valence-corrected chi connectivity index (χ4v) is 3.79. The van der Waals surface area contributed by atoms with Crippen LogP contribution >= 0.6 is 11.3 Å². The number of hydrogen-bond donors (Lipinski definition) is 2. The molecule has 2 amide bonds. The number of thiophene rings is 1. The molecule has 4 nitrogen and oxygen atoms in total. The molecule has 0 aliphatic heterocycles. The molecule has 1 heterocycles. The van der Waals surface area contributed by atoms with E-state index < -0.39 is 0 Å². The first-order chi connectivity index (χ1) is 12.5. The molecular formula is C21H20N2O2S. The molecule has 5 heteroatoms. The summed E-state index contributed by atoms with van der Waals surface area (Å²) in [6, 6.07) is 17.4. The zero-order chi connectivity index (χ0) is 18.7. The van der Waals surface area contributed by atoms with E-state index in [2.05, 4.69) is 10.6 Å². The first-order valence-corrected chi connectivity index (χ1v) is 9.12. The molecule has 1 aromatic heterocycles. The molecule has 2 N–H and O–H groups in total. The SMILES string of the molecule is CNC(=O)c1c(NC(=O)c2ccc(-c3ccccc3)cc2)sc(C)c1C. The van der Waals surface area contributed by atoms with E-state index in [9.17, 15) is 9.59 Å². The van der Waals surface area contributed by atoms with Crippen LogP contribution in [-0.2, 0) is 0 Å². The lowest BCUT2D eigenvalue weighted by atomic mass is 10.0. The molecule has 0 aliphatic rings. The number of rotatable bonds is 4. The summed E-state index contributed by atoms with van der Waals surface area (Å²) in [5, 5.41) is 6.09. The standard InChI is InChI=1S/C21H20N2O2S/c1-13-14(2)26-21(18(13)20(25)22-3)23-19(24)17-11-9-16(10-12-17)15-7-5-4-6-8-15/h4-12H,1-3H3,(H,22,25)(H,23,24). The van der Waals surface area contributed by atoms with Gasteiger partial charge >= 0.3 is 0 Å². The molecule has 0 radical (unpaired) electrons. The number of benzene rings is 2. The molecule has 2 aromatic carbocycles. The van der Waals surface area contributed by atoms with Crippen molar-refractivity contribution in [3.63, 3.8) is 0 Å². The van der Waals surface area contributed by atoms with E-state index >= 15 is 0 Å². The van der Waals surface area contributed by atoms with Gasteiger partial charge in [-0.3, -0.25) is 9.59 Å². The fourth-order valence-electron chi connectivity index (χ4n) is 2.73. The van der Waals surface area contributed by atoms with Crippen LogP contribution in [0.4, 0.5) is 5.00 Å². The van der Waals surface area contributed by atoms with Gasteiger partial charge in [-0.15, -0.1) is 11.3 Å². The fraction of sp³-hybridized carbons (Fsp3) is 0.143. The smallest absolute Gasteiger partial charge is 0.256 e. The summed E-state index contributed by atoms with van der Waals surface area (Å²) in [5.74, 6) is -0.419. The van der Waals surface area contributed by atoms with Gasteiger partial charge in [0.2, 0.25) is 0 Å². The molecule has 3 rings (SSSR count). The van der Waals surface area contributed by atoms with Crippen LogP contribution in [-0.4, -0.2) is 18.9 Å². The van der Waals surface area contributed by atoms with Crippen LogP contribution in [0.25, 0.3) is 11.1 Å². The highest BCUT2D eigenvalue weighted by Gasteiger charge is 2.20. The van der Waals surface area contributed by atoms with Gasteiger partial charge in [0.05, 0.1) is 5.56 Å². The van der Waals surface area contributed by atoms with Crippen molar-refractivity contribution in [1.29, 1.82) is 0 Å². The van der Waals surface area contributed by atoms with Crippen LogP contribution in [0.3, 0.4) is 0 Å². The topological polar surface area (TPSA) is 58.2 Å². The lowest BCUT2D eigenvalue weighted by Gasteiger charge is -2.08. The molecule has 0 saturated heterocycles. The molecule has 0 saturated carbocycles. The lowest BCUT2D eigenvalue weighted by molar-refractivity contribution is 0.0963. The van der Waals surface area contributed by atoms with Gasteiger partial charge in [-0.1, -0.05) is 42.5 Å². The summed E-state index contributed by atoms with van der Waals surface area (Å²) in [6.45, 7) is 3.83. The Labute approximate surface area is 156 Å². The monoisotopic (exact) mass is 364 g/mol. The van der Waals surface area contributed by atoms with Crippen LogP contribution in [0.5, 0.6) is 0 Å². The Morgan fingerprint density at radius 3 is 2.08 bits per heavy atom. The zero-order valence-corrected chi connectivity index (χ0v) is 15.7. The quantitative estimate of drug-likeness (QED) is 0.708. The molecule has 0 unspecified atom stereocenters. The highest BCUT2D eigenvalue weighted by atomic mass is 32.1.